The molecule has 0 N–H and O–H groups in total. The Kier molecular flexibility index (Phi) is 5.52. The SMILES string of the molecule is CCc1cc(C(=O)N2C[C@@H]3COC[C@H](C2)N(Cc2cc(-c4ccccn4)no2)C3)no1. The van der Waals surface area contributed by atoms with Gasteiger partial charge < -0.3 is 18.7 Å². The van der Waals surface area contributed by atoms with E-state index in [1.54, 1.807) is 12.3 Å². The fourth-order valence-corrected chi connectivity index (χ4v) is 4.25. The highest BCUT2D eigenvalue weighted by Crippen LogP contribution is 2.24. The molecular formula is C22H25N5O4. The molecule has 0 unspecified atom stereocenters. The summed E-state index contributed by atoms with van der Waals surface area (Å²) in [5, 5.41) is 8.14. The lowest BCUT2D eigenvalue weighted by Gasteiger charge is -2.30. The van der Waals surface area contributed by atoms with Crippen molar-refractivity contribution < 1.29 is 18.6 Å². The van der Waals surface area contributed by atoms with E-state index in [1.807, 2.05) is 36.1 Å². The number of carbonyl (C=O) groups excluding carboxylic acids is 1. The van der Waals surface area contributed by atoms with Crippen molar-refractivity contribution in [1.82, 2.24) is 25.1 Å². The van der Waals surface area contributed by atoms with Crippen molar-refractivity contribution in [2.75, 3.05) is 32.8 Å². The fraction of sp³-hybridized carbons (Fsp3) is 0.455. The quantitative estimate of drug-likeness (QED) is 0.616. The number of aromatic nitrogens is 3. The summed E-state index contributed by atoms with van der Waals surface area (Å²) in [5.41, 5.74) is 1.88. The van der Waals surface area contributed by atoms with E-state index in [1.165, 1.54) is 0 Å². The van der Waals surface area contributed by atoms with Crippen LogP contribution in [-0.2, 0) is 17.7 Å². The Morgan fingerprint density at radius 1 is 1.06 bits per heavy atom. The standard InChI is InChI=1S/C22H25N5O4/c1-2-17-7-21(25-30-17)22(28)27-10-15-9-26(16(11-27)14-29-13-15)12-18-8-20(24-31-18)19-5-3-4-6-23-19/h3-8,15-16H,2,9-14H2,1H3/t15-,16+/m1/s1. The molecule has 2 saturated heterocycles. The van der Waals surface area contributed by atoms with E-state index in [-0.39, 0.29) is 17.9 Å². The summed E-state index contributed by atoms with van der Waals surface area (Å²) in [6.45, 7) is 5.82. The van der Waals surface area contributed by atoms with Gasteiger partial charge in [0.1, 0.15) is 11.5 Å². The Balaban J connectivity index is 1.31. The molecule has 31 heavy (non-hydrogen) atoms. The van der Waals surface area contributed by atoms with Gasteiger partial charge in [0.05, 0.1) is 31.5 Å². The van der Waals surface area contributed by atoms with Crippen molar-refractivity contribution in [1.29, 1.82) is 0 Å². The number of hydrogen-bond acceptors (Lipinski definition) is 8. The first-order valence-corrected chi connectivity index (χ1v) is 10.6. The first kappa shape index (κ1) is 19.9. The lowest BCUT2D eigenvalue weighted by Crippen LogP contribution is -2.45. The number of pyridine rings is 1. The zero-order valence-corrected chi connectivity index (χ0v) is 17.4. The van der Waals surface area contributed by atoms with Crippen molar-refractivity contribution in [3.63, 3.8) is 0 Å². The highest BCUT2D eigenvalue weighted by molar-refractivity contribution is 5.92. The molecule has 5 heterocycles. The molecule has 0 aromatic carbocycles. The Bertz CT molecular complexity index is 1030. The number of amides is 1. The van der Waals surface area contributed by atoms with Crippen LogP contribution in [0.1, 0.15) is 28.9 Å². The van der Waals surface area contributed by atoms with Gasteiger partial charge in [0.2, 0.25) is 0 Å². The largest absolute Gasteiger partial charge is 0.379 e. The molecule has 3 aromatic rings. The first-order chi connectivity index (χ1) is 15.2. The van der Waals surface area contributed by atoms with E-state index < -0.39 is 0 Å². The van der Waals surface area contributed by atoms with Crippen molar-refractivity contribution in [2.24, 2.45) is 5.92 Å². The maximum Gasteiger partial charge on any atom is 0.276 e. The topological polar surface area (TPSA) is 97.7 Å². The van der Waals surface area contributed by atoms with Gasteiger partial charge in [-0.05, 0) is 12.1 Å². The predicted molar refractivity (Wildman–Crippen MR) is 110 cm³/mol. The van der Waals surface area contributed by atoms with Gasteiger partial charge in [-0.3, -0.25) is 14.7 Å². The van der Waals surface area contributed by atoms with Gasteiger partial charge in [-0.15, -0.1) is 0 Å². The number of hydrogen-bond donors (Lipinski definition) is 0. The number of aryl methyl sites for hydroxylation is 1. The molecule has 0 aliphatic carbocycles. The average Bonchev–Trinajstić information content (AvgIpc) is 3.37. The Morgan fingerprint density at radius 2 is 1.97 bits per heavy atom. The molecule has 2 atom stereocenters. The number of carbonyl (C=O) groups is 1. The van der Waals surface area contributed by atoms with Crippen molar-refractivity contribution in [3.8, 4) is 11.4 Å². The van der Waals surface area contributed by atoms with Gasteiger partial charge >= 0.3 is 0 Å². The van der Waals surface area contributed by atoms with Crippen molar-refractivity contribution in [3.05, 3.63) is 53.7 Å². The summed E-state index contributed by atoms with van der Waals surface area (Å²) >= 11 is 0. The zero-order valence-electron chi connectivity index (χ0n) is 17.4. The molecule has 9 nitrogen and oxygen atoms in total. The van der Waals surface area contributed by atoms with E-state index in [2.05, 4.69) is 20.2 Å². The summed E-state index contributed by atoms with van der Waals surface area (Å²) < 4.78 is 16.7. The molecule has 5 rings (SSSR count). The molecule has 2 aliphatic rings. The van der Waals surface area contributed by atoms with Crippen LogP contribution >= 0.6 is 0 Å². The molecule has 162 valence electrons. The average molecular weight is 423 g/mol. The third-order valence-electron chi connectivity index (χ3n) is 5.84. The third kappa shape index (κ3) is 4.24. The second-order valence-electron chi connectivity index (χ2n) is 8.12. The van der Waals surface area contributed by atoms with E-state index in [9.17, 15) is 4.79 Å². The first-order valence-electron chi connectivity index (χ1n) is 10.6. The van der Waals surface area contributed by atoms with Crippen molar-refractivity contribution >= 4 is 5.91 Å². The summed E-state index contributed by atoms with van der Waals surface area (Å²) in [7, 11) is 0. The van der Waals surface area contributed by atoms with E-state index >= 15 is 0 Å². The number of rotatable bonds is 5. The minimum absolute atomic E-state index is 0.0670. The number of ether oxygens (including phenoxy) is 1. The molecule has 2 fully saturated rings. The van der Waals surface area contributed by atoms with Gasteiger partial charge in [0.15, 0.2) is 11.5 Å². The van der Waals surface area contributed by atoms with Crippen LogP contribution in [0.25, 0.3) is 11.4 Å². The monoisotopic (exact) mass is 423 g/mol. The number of fused-ring (bicyclic) bond motifs is 3. The second kappa shape index (κ2) is 8.60. The molecule has 2 bridgehead atoms. The molecular weight excluding hydrogens is 398 g/mol. The van der Waals surface area contributed by atoms with Crippen molar-refractivity contribution in [2.45, 2.75) is 25.9 Å². The van der Waals surface area contributed by atoms with Crippen LogP contribution in [0, 0.1) is 5.92 Å². The van der Waals surface area contributed by atoms with Gasteiger partial charge in [-0.25, -0.2) is 0 Å². The minimum Gasteiger partial charge on any atom is -0.379 e. The predicted octanol–water partition coefficient (Wildman–Crippen LogP) is 2.26. The smallest absolute Gasteiger partial charge is 0.276 e. The zero-order chi connectivity index (χ0) is 21.2. The fourth-order valence-electron chi connectivity index (χ4n) is 4.25. The van der Waals surface area contributed by atoms with Crippen LogP contribution in [0.15, 0.2) is 45.6 Å². The summed E-state index contributed by atoms with van der Waals surface area (Å²) in [5.74, 6) is 1.62. The summed E-state index contributed by atoms with van der Waals surface area (Å²) in [6, 6.07) is 9.45. The van der Waals surface area contributed by atoms with E-state index in [0.29, 0.717) is 45.0 Å². The molecule has 0 radical (unpaired) electrons. The maximum absolute atomic E-state index is 13.0. The van der Waals surface area contributed by atoms with Gasteiger partial charge in [0.25, 0.3) is 5.91 Å². The molecule has 9 heteroatoms. The summed E-state index contributed by atoms with van der Waals surface area (Å²) in [6.07, 6.45) is 2.45. The van der Waals surface area contributed by atoms with Crippen LogP contribution in [0.4, 0.5) is 0 Å². The van der Waals surface area contributed by atoms with Crippen LogP contribution in [0.3, 0.4) is 0 Å². The molecule has 0 spiro atoms. The van der Waals surface area contributed by atoms with Gasteiger partial charge in [0, 0.05) is 50.3 Å². The lowest BCUT2D eigenvalue weighted by molar-refractivity contribution is 0.0392. The highest BCUT2D eigenvalue weighted by Gasteiger charge is 2.36. The Morgan fingerprint density at radius 3 is 2.77 bits per heavy atom. The maximum atomic E-state index is 13.0. The van der Waals surface area contributed by atoms with Crippen LogP contribution < -0.4 is 0 Å². The van der Waals surface area contributed by atoms with Crippen LogP contribution in [0.2, 0.25) is 0 Å². The minimum atomic E-state index is -0.0840. The highest BCUT2D eigenvalue weighted by atomic mass is 16.5. The summed E-state index contributed by atoms with van der Waals surface area (Å²) in [4.78, 5) is 21.6. The lowest BCUT2D eigenvalue weighted by atomic mass is 10.1. The molecule has 0 saturated carbocycles. The molecule has 2 aliphatic heterocycles. The Hall–Kier alpha value is -3.04. The molecule has 1 amide bonds. The van der Waals surface area contributed by atoms with Gasteiger partial charge in [-0.1, -0.05) is 23.3 Å². The molecule has 3 aromatic heterocycles. The van der Waals surface area contributed by atoms with Crippen LogP contribution in [-0.4, -0.2) is 69.9 Å². The van der Waals surface area contributed by atoms with Gasteiger partial charge in [-0.2, -0.15) is 0 Å². The van der Waals surface area contributed by atoms with E-state index in [0.717, 1.165) is 29.5 Å². The normalized spacial score (nSPS) is 21.8. The Labute approximate surface area is 179 Å². The van der Waals surface area contributed by atoms with E-state index in [4.69, 9.17) is 13.8 Å². The van der Waals surface area contributed by atoms with Crippen LogP contribution in [0.5, 0.6) is 0 Å². The third-order valence-corrected chi connectivity index (χ3v) is 5.84. The second-order valence-corrected chi connectivity index (χ2v) is 8.12. The number of nitrogens with zero attached hydrogens (tertiary/aromatic N) is 5.